The number of ether oxygens (including phenoxy) is 2. The number of nitrogens with one attached hydrogen (secondary N) is 1. The van der Waals surface area contributed by atoms with Gasteiger partial charge in [-0.25, -0.2) is 4.79 Å². The van der Waals surface area contributed by atoms with Crippen LogP contribution in [-0.4, -0.2) is 36.0 Å². The first-order valence-corrected chi connectivity index (χ1v) is 9.06. The SMILES string of the molecule is CCOc1cc(OCCO)c(C(Nc2ccc(C#N)cc2)C(=O)O)cc1CC. The van der Waals surface area contributed by atoms with Gasteiger partial charge in [0, 0.05) is 17.3 Å². The summed E-state index contributed by atoms with van der Waals surface area (Å²) in [5.74, 6) is -0.114. The van der Waals surface area contributed by atoms with Crippen molar-refractivity contribution < 1.29 is 24.5 Å². The molecular weight excluding hydrogens is 360 g/mol. The van der Waals surface area contributed by atoms with Crippen molar-refractivity contribution in [3.05, 3.63) is 53.1 Å². The van der Waals surface area contributed by atoms with E-state index in [9.17, 15) is 9.90 Å². The van der Waals surface area contributed by atoms with E-state index in [4.69, 9.17) is 19.8 Å². The topological polar surface area (TPSA) is 112 Å². The highest BCUT2D eigenvalue weighted by atomic mass is 16.5. The number of hydrogen-bond acceptors (Lipinski definition) is 6. The number of carboxylic acid groups (broad SMARTS) is 1. The lowest BCUT2D eigenvalue weighted by molar-refractivity contribution is -0.138. The highest BCUT2D eigenvalue weighted by molar-refractivity contribution is 5.81. The molecule has 0 saturated carbocycles. The molecule has 2 aromatic rings. The molecule has 0 aliphatic carbocycles. The van der Waals surface area contributed by atoms with Crippen LogP contribution in [0.25, 0.3) is 0 Å². The molecule has 0 aliphatic heterocycles. The molecule has 148 valence electrons. The summed E-state index contributed by atoms with van der Waals surface area (Å²) in [4.78, 5) is 12.0. The third kappa shape index (κ3) is 5.15. The van der Waals surface area contributed by atoms with Gasteiger partial charge in [-0.1, -0.05) is 6.92 Å². The van der Waals surface area contributed by atoms with Crippen LogP contribution in [0.15, 0.2) is 36.4 Å². The van der Waals surface area contributed by atoms with E-state index in [-0.39, 0.29) is 13.2 Å². The molecule has 0 fully saturated rings. The first kappa shape index (κ1) is 21.1. The number of nitrogens with zero attached hydrogens (tertiary/aromatic N) is 1. The Morgan fingerprint density at radius 2 is 1.89 bits per heavy atom. The van der Waals surface area contributed by atoms with Gasteiger partial charge in [-0.3, -0.25) is 0 Å². The summed E-state index contributed by atoms with van der Waals surface area (Å²) in [7, 11) is 0. The summed E-state index contributed by atoms with van der Waals surface area (Å²) in [6.07, 6.45) is 0.659. The average Bonchev–Trinajstić information content (AvgIpc) is 2.71. The van der Waals surface area contributed by atoms with Crippen LogP contribution in [0.3, 0.4) is 0 Å². The predicted molar refractivity (Wildman–Crippen MR) is 105 cm³/mol. The minimum atomic E-state index is -1.08. The molecule has 0 aromatic heterocycles. The third-order valence-electron chi connectivity index (χ3n) is 4.11. The van der Waals surface area contributed by atoms with Gasteiger partial charge >= 0.3 is 5.97 Å². The predicted octanol–water partition coefficient (Wildman–Crippen LogP) is 3.13. The van der Waals surface area contributed by atoms with Gasteiger partial charge in [0.05, 0.1) is 24.8 Å². The fourth-order valence-electron chi connectivity index (χ4n) is 2.78. The van der Waals surface area contributed by atoms with E-state index in [0.29, 0.717) is 41.3 Å². The number of aliphatic hydroxyl groups excluding tert-OH is 1. The maximum Gasteiger partial charge on any atom is 0.330 e. The Bertz CT molecular complexity index is 843. The number of aryl methyl sites for hydroxylation is 1. The number of aliphatic hydroxyl groups is 1. The van der Waals surface area contributed by atoms with Crippen LogP contribution in [0.5, 0.6) is 11.5 Å². The van der Waals surface area contributed by atoms with Crippen LogP contribution in [0.2, 0.25) is 0 Å². The summed E-state index contributed by atoms with van der Waals surface area (Å²) < 4.78 is 11.2. The first-order chi connectivity index (χ1) is 13.5. The summed E-state index contributed by atoms with van der Waals surface area (Å²) in [6, 6.07) is 10.9. The number of rotatable bonds is 10. The maximum atomic E-state index is 12.0. The minimum absolute atomic E-state index is 0.0350. The van der Waals surface area contributed by atoms with Crippen LogP contribution in [0, 0.1) is 11.3 Å². The number of hydrogen-bond donors (Lipinski definition) is 3. The summed E-state index contributed by atoms with van der Waals surface area (Å²) >= 11 is 0. The van der Waals surface area contributed by atoms with Crippen molar-refractivity contribution in [2.45, 2.75) is 26.3 Å². The molecule has 2 aromatic carbocycles. The largest absolute Gasteiger partial charge is 0.493 e. The first-order valence-electron chi connectivity index (χ1n) is 9.06. The molecule has 0 amide bonds. The van der Waals surface area contributed by atoms with Crippen LogP contribution in [0.4, 0.5) is 5.69 Å². The molecule has 0 bridgehead atoms. The number of nitriles is 1. The van der Waals surface area contributed by atoms with E-state index in [2.05, 4.69) is 5.32 Å². The van der Waals surface area contributed by atoms with Crippen molar-refractivity contribution in [2.75, 3.05) is 25.1 Å². The Morgan fingerprint density at radius 1 is 1.18 bits per heavy atom. The van der Waals surface area contributed by atoms with Gasteiger partial charge in [-0.05, 0) is 49.2 Å². The van der Waals surface area contributed by atoms with Gasteiger partial charge in [0.2, 0.25) is 0 Å². The van der Waals surface area contributed by atoms with E-state index in [0.717, 1.165) is 5.56 Å². The average molecular weight is 384 g/mol. The zero-order valence-electron chi connectivity index (χ0n) is 15.9. The molecule has 28 heavy (non-hydrogen) atoms. The maximum absolute atomic E-state index is 12.0. The lowest BCUT2D eigenvalue weighted by Crippen LogP contribution is -2.22. The van der Waals surface area contributed by atoms with Gasteiger partial charge in [0.1, 0.15) is 18.1 Å². The van der Waals surface area contributed by atoms with Crippen LogP contribution >= 0.6 is 0 Å². The van der Waals surface area contributed by atoms with Crippen molar-refractivity contribution in [3.8, 4) is 17.6 Å². The molecule has 3 N–H and O–H groups in total. The molecule has 7 heteroatoms. The van der Waals surface area contributed by atoms with Gasteiger partial charge < -0.3 is 25.0 Å². The monoisotopic (exact) mass is 384 g/mol. The van der Waals surface area contributed by atoms with E-state index < -0.39 is 12.0 Å². The zero-order chi connectivity index (χ0) is 20.5. The fraction of sp³-hybridized carbons (Fsp3) is 0.333. The lowest BCUT2D eigenvalue weighted by atomic mass is 9.99. The van der Waals surface area contributed by atoms with Crippen molar-refractivity contribution in [1.29, 1.82) is 5.26 Å². The molecule has 2 rings (SSSR count). The van der Waals surface area contributed by atoms with E-state index >= 15 is 0 Å². The van der Waals surface area contributed by atoms with Gasteiger partial charge in [-0.15, -0.1) is 0 Å². The number of anilines is 1. The second-order valence-corrected chi connectivity index (χ2v) is 5.96. The normalized spacial score (nSPS) is 11.4. The Balaban J connectivity index is 2.47. The van der Waals surface area contributed by atoms with Crippen LogP contribution in [-0.2, 0) is 11.2 Å². The minimum Gasteiger partial charge on any atom is -0.493 e. The van der Waals surface area contributed by atoms with E-state index in [1.54, 1.807) is 36.4 Å². The molecule has 1 atom stereocenters. The summed E-state index contributed by atoms with van der Waals surface area (Å²) in [5, 5.41) is 30.8. The smallest absolute Gasteiger partial charge is 0.330 e. The molecule has 0 saturated heterocycles. The molecule has 0 heterocycles. The highest BCUT2D eigenvalue weighted by Gasteiger charge is 2.25. The molecule has 7 nitrogen and oxygen atoms in total. The summed E-state index contributed by atoms with van der Waals surface area (Å²) in [6.45, 7) is 4.14. The standard InChI is InChI=1S/C21H24N2O5/c1-3-15-11-17(19(28-10-9-24)12-18(15)27-4-2)20(21(25)26)23-16-7-5-14(13-22)6-8-16/h5-8,11-12,20,23-24H,3-4,9-10H2,1-2H3,(H,25,26). The van der Waals surface area contributed by atoms with Crippen LogP contribution < -0.4 is 14.8 Å². The number of carbonyl (C=O) groups is 1. The molecule has 0 spiro atoms. The quantitative estimate of drug-likeness (QED) is 0.577. The van der Waals surface area contributed by atoms with Crippen molar-refractivity contribution in [1.82, 2.24) is 0 Å². The highest BCUT2D eigenvalue weighted by Crippen LogP contribution is 2.35. The Labute approximate surface area is 164 Å². The van der Waals surface area contributed by atoms with Gasteiger partial charge in [0.15, 0.2) is 6.04 Å². The zero-order valence-corrected chi connectivity index (χ0v) is 15.9. The Kier molecular flexibility index (Phi) is 7.66. The summed E-state index contributed by atoms with van der Waals surface area (Å²) in [5.41, 5.74) is 2.34. The number of benzene rings is 2. The number of carboxylic acids is 1. The van der Waals surface area contributed by atoms with Gasteiger partial charge in [-0.2, -0.15) is 5.26 Å². The molecule has 1 unspecified atom stereocenters. The third-order valence-corrected chi connectivity index (χ3v) is 4.11. The van der Waals surface area contributed by atoms with Crippen molar-refractivity contribution in [2.24, 2.45) is 0 Å². The van der Waals surface area contributed by atoms with E-state index in [1.807, 2.05) is 19.9 Å². The second kappa shape index (κ2) is 10.2. The lowest BCUT2D eigenvalue weighted by Gasteiger charge is -2.22. The van der Waals surface area contributed by atoms with Crippen molar-refractivity contribution in [3.63, 3.8) is 0 Å². The van der Waals surface area contributed by atoms with Crippen LogP contribution in [0.1, 0.15) is 36.6 Å². The molecular formula is C21H24N2O5. The fourth-order valence-corrected chi connectivity index (χ4v) is 2.78. The second-order valence-electron chi connectivity index (χ2n) is 5.96. The van der Waals surface area contributed by atoms with Crippen molar-refractivity contribution >= 4 is 11.7 Å². The Hall–Kier alpha value is -3.24. The number of aliphatic carboxylic acids is 1. The molecule has 0 aliphatic rings. The van der Waals surface area contributed by atoms with Gasteiger partial charge in [0.25, 0.3) is 0 Å². The molecule has 0 radical (unpaired) electrons. The Morgan fingerprint density at radius 3 is 2.43 bits per heavy atom. The van der Waals surface area contributed by atoms with E-state index in [1.165, 1.54) is 0 Å².